The molecule has 0 saturated heterocycles. The lowest BCUT2D eigenvalue weighted by atomic mass is 9.97. The summed E-state index contributed by atoms with van der Waals surface area (Å²) in [5, 5.41) is 6.16. The molecule has 19 heavy (non-hydrogen) atoms. The number of fused-ring (bicyclic) bond motifs is 1. The summed E-state index contributed by atoms with van der Waals surface area (Å²) < 4.78 is 5.79. The Kier molecular flexibility index (Phi) is 3.80. The third-order valence-corrected chi connectivity index (χ3v) is 3.65. The van der Waals surface area contributed by atoms with Crippen LogP contribution >= 0.6 is 0 Å². The van der Waals surface area contributed by atoms with Gasteiger partial charge in [-0.05, 0) is 30.4 Å². The van der Waals surface area contributed by atoms with Gasteiger partial charge in [0, 0.05) is 12.6 Å². The molecule has 1 aliphatic carbocycles. The molecule has 3 rings (SSSR count). The van der Waals surface area contributed by atoms with Gasteiger partial charge in [-0.2, -0.15) is 0 Å². The van der Waals surface area contributed by atoms with Crippen molar-refractivity contribution in [3.8, 4) is 0 Å². The summed E-state index contributed by atoms with van der Waals surface area (Å²) in [6.45, 7) is 1.82. The third kappa shape index (κ3) is 3.33. The summed E-state index contributed by atoms with van der Waals surface area (Å²) in [7, 11) is 0. The Labute approximate surface area is 113 Å². The molecule has 2 N–H and O–H groups in total. The zero-order valence-corrected chi connectivity index (χ0v) is 11.0. The average Bonchev–Trinajstić information content (AvgIpc) is 3.23. The Morgan fingerprint density at radius 1 is 1.32 bits per heavy atom. The number of ether oxygens (including phenoxy) is 1. The molecule has 1 aliphatic heterocycles. The summed E-state index contributed by atoms with van der Waals surface area (Å²) in [5.74, 6) is 0.0894. The molecule has 0 aromatic heterocycles. The number of nitrogens with one attached hydrogen (secondary N) is 2. The molecular weight excluding hydrogens is 240 g/mol. The summed E-state index contributed by atoms with van der Waals surface area (Å²) >= 11 is 0. The standard InChI is InChI=1S/C15H20N2O2/c18-15(17-12-5-6-12)10-16-9-14-13-4-2-1-3-11(13)7-8-19-14/h1-4,12,14,16H,5-10H2,(H,17,18). The van der Waals surface area contributed by atoms with Crippen molar-refractivity contribution in [2.45, 2.75) is 31.4 Å². The van der Waals surface area contributed by atoms with E-state index in [1.54, 1.807) is 0 Å². The van der Waals surface area contributed by atoms with Gasteiger partial charge >= 0.3 is 0 Å². The second-order valence-electron chi connectivity index (χ2n) is 5.28. The minimum absolute atomic E-state index is 0.0682. The lowest BCUT2D eigenvalue weighted by Gasteiger charge is -2.26. The van der Waals surface area contributed by atoms with Crippen molar-refractivity contribution >= 4 is 5.91 Å². The third-order valence-electron chi connectivity index (χ3n) is 3.65. The van der Waals surface area contributed by atoms with Crippen LogP contribution in [0.2, 0.25) is 0 Å². The van der Waals surface area contributed by atoms with Crippen LogP contribution in [-0.4, -0.2) is 31.6 Å². The molecule has 4 nitrogen and oxygen atoms in total. The monoisotopic (exact) mass is 260 g/mol. The summed E-state index contributed by atoms with van der Waals surface area (Å²) in [6.07, 6.45) is 3.31. The van der Waals surface area contributed by atoms with Crippen molar-refractivity contribution in [1.29, 1.82) is 0 Å². The van der Waals surface area contributed by atoms with E-state index in [4.69, 9.17) is 4.74 Å². The number of rotatable bonds is 5. The number of hydrogen-bond donors (Lipinski definition) is 2. The number of hydrogen-bond acceptors (Lipinski definition) is 3. The van der Waals surface area contributed by atoms with Crippen molar-refractivity contribution < 1.29 is 9.53 Å². The van der Waals surface area contributed by atoms with Gasteiger partial charge in [-0.25, -0.2) is 0 Å². The minimum Gasteiger partial charge on any atom is -0.372 e. The summed E-state index contributed by atoms with van der Waals surface area (Å²) in [4.78, 5) is 11.6. The maximum absolute atomic E-state index is 11.6. The van der Waals surface area contributed by atoms with Crippen molar-refractivity contribution in [2.75, 3.05) is 19.7 Å². The summed E-state index contributed by atoms with van der Waals surface area (Å²) in [6, 6.07) is 8.81. The number of carbonyl (C=O) groups is 1. The van der Waals surface area contributed by atoms with E-state index in [2.05, 4.69) is 28.8 Å². The fraction of sp³-hybridized carbons (Fsp3) is 0.533. The Morgan fingerprint density at radius 3 is 3.00 bits per heavy atom. The quantitative estimate of drug-likeness (QED) is 0.835. The highest BCUT2D eigenvalue weighted by Crippen LogP contribution is 2.26. The molecule has 0 radical (unpaired) electrons. The number of carbonyl (C=O) groups excluding carboxylic acids is 1. The zero-order chi connectivity index (χ0) is 13.1. The van der Waals surface area contributed by atoms with Crippen molar-refractivity contribution in [1.82, 2.24) is 10.6 Å². The highest BCUT2D eigenvalue weighted by atomic mass is 16.5. The normalized spacial score (nSPS) is 21.8. The Morgan fingerprint density at radius 2 is 2.16 bits per heavy atom. The first kappa shape index (κ1) is 12.6. The highest BCUT2D eigenvalue weighted by Gasteiger charge is 2.23. The van der Waals surface area contributed by atoms with Gasteiger partial charge in [0.2, 0.25) is 5.91 Å². The van der Waals surface area contributed by atoms with Crippen LogP contribution in [0.3, 0.4) is 0 Å². The van der Waals surface area contributed by atoms with Crippen LogP contribution in [0.15, 0.2) is 24.3 Å². The fourth-order valence-electron chi connectivity index (χ4n) is 2.47. The van der Waals surface area contributed by atoms with Crippen molar-refractivity contribution in [2.24, 2.45) is 0 Å². The van der Waals surface area contributed by atoms with Crippen LogP contribution in [0, 0.1) is 0 Å². The van der Waals surface area contributed by atoms with Gasteiger partial charge in [0.05, 0.1) is 19.3 Å². The van der Waals surface area contributed by atoms with E-state index in [-0.39, 0.29) is 12.0 Å². The van der Waals surface area contributed by atoms with Gasteiger partial charge in [0.25, 0.3) is 0 Å². The highest BCUT2D eigenvalue weighted by molar-refractivity contribution is 5.78. The smallest absolute Gasteiger partial charge is 0.234 e. The van der Waals surface area contributed by atoms with E-state index >= 15 is 0 Å². The van der Waals surface area contributed by atoms with E-state index in [1.165, 1.54) is 11.1 Å². The molecule has 4 heteroatoms. The van der Waals surface area contributed by atoms with Gasteiger partial charge in [0.1, 0.15) is 0 Å². The van der Waals surface area contributed by atoms with Crippen molar-refractivity contribution in [3.63, 3.8) is 0 Å². The SMILES string of the molecule is O=C(CNCC1OCCc2ccccc21)NC1CC1. The van der Waals surface area contributed by atoms with Crippen LogP contribution in [0.25, 0.3) is 0 Å². The van der Waals surface area contributed by atoms with E-state index in [0.717, 1.165) is 25.9 Å². The van der Waals surface area contributed by atoms with Gasteiger partial charge in [-0.15, -0.1) is 0 Å². The molecule has 1 saturated carbocycles. The molecule has 0 spiro atoms. The first-order chi connectivity index (χ1) is 9.33. The maximum Gasteiger partial charge on any atom is 0.234 e. The lowest BCUT2D eigenvalue weighted by molar-refractivity contribution is -0.120. The van der Waals surface area contributed by atoms with Crippen LogP contribution in [0.1, 0.15) is 30.1 Å². The lowest BCUT2D eigenvalue weighted by Crippen LogP contribution is -2.37. The van der Waals surface area contributed by atoms with E-state index < -0.39 is 0 Å². The first-order valence-corrected chi connectivity index (χ1v) is 7.02. The van der Waals surface area contributed by atoms with E-state index in [1.807, 2.05) is 6.07 Å². The fourth-order valence-corrected chi connectivity index (χ4v) is 2.47. The Balaban J connectivity index is 1.49. The molecule has 1 fully saturated rings. The second kappa shape index (κ2) is 5.72. The topological polar surface area (TPSA) is 50.4 Å². The number of amides is 1. The molecule has 102 valence electrons. The largest absolute Gasteiger partial charge is 0.372 e. The van der Waals surface area contributed by atoms with E-state index in [9.17, 15) is 4.79 Å². The van der Waals surface area contributed by atoms with Crippen LogP contribution in [0.4, 0.5) is 0 Å². The van der Waals surface area contributed by atoms with Gasteiger partial charge in [-0.3, -0.25) is 4.79 Å². The molecule has 2 aliphatic rings. The molecule has 1 aromatic rings. The predicted molar refractivity (Wildman–Crippen MR) is 72.9 cm³/mol. The Bertz CT molecular complexity index is 457. The maximum atomic E-state index is 11.6. The molecule has 1 heterocycles. The predicted octanol–water partition coefficient (Wildman–Crippen LogP) is 1.17. The second-order valence-corrected chi connectivity index (χ2v) is 5.28. The van der Waals surface area contributed by atoms with Gasteiger partial charge in [-0.1, -0.05) is 24.3 Å². The van der Waals surface area contributed by atoms with E-state index in [0.29, 0.717) is 19.1 Å². The molecule has 1 atom stereocenters. The summed E-state index contributed by atoms with van der Waals surface area (Å²) in [5.41, 5.74) is 2.62. The molecular formula is C15H20N2O2. The number of benzene rings is 1. The average molecular weight is 260 g/mol. The van der Waals surface area contributed by atoms with Crippen molar-refractivity contribution in [3.05, 3.63) is 35.4 Å². The zero-order valence-electron chi connectivity index (χ0n) is 11.0. The minimum atomic E-state index is 0.0682. The molecule has 1 unspecified atom stereocenters. The first-order valence-electron chi connectivity index (χ1n) is 7.02. The van der Waals surface area contributed by atoms with Crippen LogP contribution in [0.5, 0.6) is 0 Å². The van der Waals surface area contributed by atoms with Crippen LogP contribution in [-0.2, 0) is 16.0 Å². The molecule has 1 aromatic carbocycles. The van der Waals surface area contributed by atoms with Crippen LogP contribution < -0.4 is 10.6 Å². The molecule has 0 bridgehead atoms. The Hall–Kier alpha value is -1.39. The van der Waals surface area contributed by atoms with Gasteiger partial charge in [0.15, 0.2) is 0 Å². The van der Waals surface area contributed by atoms with Gasteiger partial charge < -0.3 is 15.4 Å². The molecule has 1 amide bonds.